The van der Waals surface area contributed by atoms with Crippen LogP contribution in [0.15, 0.2) is 47.0 Å². The van der Waals surface area contributed by atoms with E-state index < -0.39 is 0 Å². The molecular formula is C14H8Cl3N3O. The van der Waals surface area contributed by atoms with Gasteiger partial charge in [0.1, 0.15) is 0 Å². The zero-order chi connectivity index (χ0) is 14.8. The third kappa shape index (κ3) is 3.13. The van der Waals surface area contributed by atoms with Gasteiger partial charge in [0.05, 0.1) is 15.6 Å². The van der Waals surface area contributed by atoms with Gasteiger partial charge in [-0.15, -0.1) is 0 Å². The van der Waals surface area contributed by atoms with E-state index in [1.54, 1.807) is 42.5 Å². The maximum atomic E-state index is 6.11. The van der Waals surface area contributed by atoms with Gasteiger partial charge < -0.3 is 9.84 Å². The summed E-state index contributed by atoms with van der Waals surface area (Å²) >= 11 is 18.0. The lowest BCUT2D eigenvalue weighted by atomic mass is 10.2. The first kappa shape index (κ1) is 14.2. The summed E-state index contributed by atoms with van der Waals surface area (Å²) in [5, 5.41) is 8.42. The second kappa shape index (κ2) is 5.93. The third-order valence-corrected chi connectivity index (χ3v) is 3.59. The molecule has 4 nitrogen and oxygen atoms in total. The number of hydrogen-bond donors (Lipinski definition) is 1. The molecule has 0 atom stereocenters. The van der Waals surface area contributed by atoms with Crippen molar-refractivity contribution in [3.05, 3.63) is 57.5 Å². The summed E-state index contributed by atoms with van der Waals surface area (Å²) in [6.45, 7) is 0. The predicted molar refractivity (Wildman–Crippen MR) is 84.5 cm³/mol. The van der Waals surface area contributed by atoms with Crippen LogP contribution >= 0.6 is 34.8 Å². The second-order valence-electron chi connectivity index (χ2n) is 4.15. The van der Waals surface area contributed by atoms with Crippen LogP contribution in [0.1, 0.15) is 0 Å². The van der Waals surface area contributed by atoms with Crippen LogP contribution in [-0.4, -0.2) is 10.1 Å². The molecule has 0 unspecified atom stereocenters. The SMILES string of the molecule is Clc1ccc(Nc2nc(-c3c(Cl)cccc3Cl)no2)cc1. The number of benzene rings is 2. The maximum absolute atomic E-state index is 6.11. The molecule has 0 amide bonds. The molecule has 0 saturated carbocycles. The van der Waals surface area contributed by atoms with Gasteiger partial charge in [0.25, 0.3) is 0 Å². The minimum atomic E-state index is 0.239. The van der Waals surface area contributed by atoms with Gasteiger partial charge in [-0.1, -0.05) is 46.0 Å². The molecular weight excluding hydrogens is 333 g/mol. The van der Waals surface area contributed by atoms with Crippen LogP contribution in [0.3, 0.4) is 0 Å². The van der Waals surface area contributed by atoms with Crippen molar-refractivity contribution >= 4 is 46.5 Å². The van der Waals surface area contributed by atoms with E-state index in [0.29, 0.717) is 26.5 Å². The molecule has 3 aromatic rings. The van der Waals surface area contributed by atoms with E-state index in [0.717, 1.165) is 5.69 Å². The molecule has 0 aliphatic heterocycles. The molecule has 106 valence electrons. The summed E-state index contributed by atoms with van der Waals surface area (Å²) in [5.74, 6) is 0.321. The third-order valence-electron chi connectivity index (χ3n) is 2.71. The largest absolute Gasteiger partial charge is 0.326 e. The number of nitrogens with one attached hydrogen (secondary N) is 1. The fourth-order valence-electron chi connectivity index (χ4n) is 1.74. The predicted octanol–water partition coefficient (Wildman–Crippen LogP) is 5.44. The second-order valence-corrected chi connectivity index (χ2v) is 5.40. The Labute approximate surface area is 135 Å². The van der Waals surface area contributed by atoms with Gasteiger partial charge in [-0.05, 0) is 36.4 Å². The summed E-state index contributed by atoms with van der Waals surface area (Å²) in [6.07, 6.45) is 0. The van der Waals surface area contributed by atoms with E-state index in [2.05, 4.69) is 15.5 Å². The Bertz CT molecular complexity index is 751. The van der Waals surface area contributed by atoms with Crippen LogP contribution in [0.2, 0.25) is 15.1 Å². The summed E-state index contributed by atoms with van der Waals surface area (Å²) < 4.78 is 5.14. The maximum Gasteiger partial charge on any atom is 0.326 e. The average molecular weight is 341 g/mol. The molecule has 0 aliphatic rings. The van der Waals surface area contributed by atoms with Crippen molar-refractivity contribution in [3.8, 4) is 11.4 Å². The molecule has 2 aromatic carbocycles. The molecule has 1 heterocycles. The van der Waals surface area contributed by atoms with E-state index >= 15 is 0 Å². The van der Waals surface area contributed by atoms with Gasteiger partial charge >= 0.3 is 6.01 Å². The molecule has 7 heteroatoms. The smallest absolute Gasteiger partial charge is 0.315 e. The van der Waals surface area contributed by atoms with Gasteiger partial charge in [0, 0.05) is 10.7 Å². The lowest BCUT2D eigenvalue weighted by molar-refractivity contribution is 0.435. The van der Waals surface area contributed by atoms with Gasteiger partial charge in [-0.25, -0.2) is 0 Å². The first-order chi connectivity index (χ1) is 10.1. The van der Waals surface area contributed by atoms with E-state index in [1.807, 2.05) is 0 Å². The Morgan fingerprint density at radius 3 is 2.24 bits per heavy atom. The molecule has 0 aliphatic carbocycles. The first-order valence-corrected chi connectivity index (χ1v) is 7.07. The Morgan fingerprint density at radius 2 is 1.57 bits per heavy atom. The van der Waals surface area contributed by atoms with Crippen molar-refractivity contribution in [1.29, 1.82) is 0 Å². The molecule has 21 heavy (non-hydrogen) atoms. The van der Waals surface area contributed by atoms with Crippen molar-refractivity contribution < 1.29 is 4.52 Å². The minimum absolute atomic E-state index is 0.239. The minimum Gasteiger partial charge on any atom is -0.315 e. The van der Waals surface area contributed by atoms with E-state index in [9.17, 15) is 0 Å². The molecule has 0 spiro atoms. The highest BCUT2D eigenvalue weighted by Gasteiger charge is 2.15. The molecule has 0 fully saturated rings. The van der Waals surface area contributed by atoms with Crippen molar-refractivity contribution in [3.63, 3.8) is 0 Å². The summed E-state index contributed by atoms with van der Waals surface area (Å²) in [7, 11) is 0. The topological polar surface area (TPSA) is 51.0 Å². The van der Waals surface area contributed by atoms with E-state index in [4.69, 9.17) is 39.3 Å². The number of aromatic nitrogens is 2. The number of anilines is 2. The van der Waals surface area contributed by atoms with Crippen LogP contribution in [0.25, 0.3) is 11.4 Å². The van der Waals surface area contributed by atoms with Crippen molar-refractivity contribution in [2.24, 2.45) is 0 Å². The Balaban J connectivity index is 1.88. The fraction of sp³-hybridized carbons (Fsp3) is 0. The molecule has 3 rings (SSSR count). The van der Waals surface area contributed by atoms with Crippen LogP contribution < -0.4 is 5.32 Å². The van der Waals surface area contributed by atoms with Gasteiger partial charge in [0.2, 0.25) is 5.82 Å². The van der Waals surface area contributed by atoms with Gasteiger partial charge in [0.15, 0.2) is 0 Å². The Kier molecular flexibility index (Phi) is 4.01. The van der Waals surface area contributed by atoms with E-state index in [1.165, 1.54) is 0 Å². The van der Waals surface area contributed by atoms with Crippen molar-refractivity contribution in [2.75, 3.05) is 5.32 Å². The standard InChI is InChI=1S/C14H8Cl3N3O/c15-8-4-6-9(7-5-8)18-14-19-13(20-21-14)12-10(16)2-1-3-11(12)17/h1-7H,(H,18,19,20). The lowest BCUT2D eigenvalue weighted by Crippen LogP contribution is -1.90. The Morgan fingerprint density at radius 1 is 0.905 bits per heavy atom. The number of rotatable bonds is 3. The van der Waals surface area contributed by atoms with Crippen LogP contribution in [0, 0.1) is 0 Å². The highest BCUT2D eigenvalue weighted by atomic mass is 35.5. The highest BCUT2D eigenvalue weighted by Crippen LogP contribution is 2.33. The molecule has 0 bridgehead atoms. The quantitative estimate of drug-likeness (QED) is 0.689. The normalized spacial score (nSPS) is 10.6. The Hall–Kier alpha value is -1.75. The van der Waals surface area contributed by atoms with E-state index in [-0.39, 0.29) is 6.01 Å². The van der Waals surface area contributed by atoms with Crippen molar-refractivity contribution in [2.45, 2.75) is 0 Å². The summed E-state index contributed by atoms with van der Waals surface area (Å²) in [4.78, 5) is 4.23. The first-order valence-electron chi connectivity index (χ1n) is 5.94. The van der Waals surface area contributed by atoms with Crippen LogP contribution in [0.5, 0.6) is 0 Å². The highest BCUT2D eigenvalue weighted by molar-refractivity contribution is 6.38. The van der Waals surface area contributed by atoms with Gasteiger partial charge in [-0.2, -0.15) is 4.98 Å². The van der Waals surface area contributed by atoms with Crippen molar-refractivity contribution in [1.82, 2.24) is 10.1 Å². The average Bonchev–Trinajstić information content (AvgIpc) is 2.89. The summed E-state index contributed by atoms with van der Waals surface area (Å²) in [6, 6.07) is 12.5. The van der Waals surface area contributed by atoms with Gasteiger partial charge in [-0.3, -0.25) is 0 Å². The summed E-state index contributed by atoms with van der Waals surface area (Å²) in [5.41, 5.74) is 1.31. The lowest BCUT2D eigenvalue weighted by Gasteiger charge is -2.01. The zero-order valence-corrected chi connectivity index (χ0v) is 12.7. The molecule has 0 radical (unpaired) electrons. The number of halogens is 3. The van der Waals surface area contributed by atoms with Crippen LogP contribution in [-0.2, 0) is 0 Å². The van der Waals surface area contributed by atoms with Crippen LogP contribution in [0.4, 0.5) is 11.7 Å². The molecule has 1 N–H and O–H groups in total. The zero-order valence-electron chi connectivity index (χ0n) is 10.5. The molecule has 1 aromatic heterocycles. The monoisotopic (exact) mass is 339 g/mol. The molecule has 0 saturated heterocycles. The fourth-order valence-corrected chi connectivity index (χ4v) is 2.44. The number of hydrogen-bond acceptors (Lipinski definition) is 4. The number of nitrogens with zero attached hydrogens (tertiary/aromatic N) is 2.